The highest BCUT2D eigenvalue weighted by Crippen LogP contribution is 2.28. The smallest absolute Gasteiger partial charge is 0.191 e. The standard InChI is InChI=1S/C19H28N4S/c1-3-21-19(22-14-16-8-5-7-15(11-16)13-20)23-17-9-6-10-18(12-17)24-4-2/h5,7-8,11,17-18H,3-4,6,9-10,12,14H2,1-2H3,(H2,21,22,23). The molecule has 2 atom stereocenters. The van der Waals surface area contributed by atoms with E-state index in [1.54, 1.807) is 0 Å². The van der Waals surface area contributed by atoms with Crippen LogP contribution < -0.4 is 10.6 Å². The van der Waals surface area contributed by atoms with Gasteiger partial charge in [0.1, 0.15) is 0 Å². The summed E-state index contributed by atoms with van der Waals surface area (Å²) in [6, 6.07) is 10.3. The van der Waals surface area contributed by atoms with Crippen LogP contribution in [0.4, 0.5) is 0 Å². The summed E-state index contributed by atoms with van der Waals surface area (Å²) < 4.78 is 0. The van der Waals surface area contributed by atoms with Gasteiger partial charge >= 0.3 is 0 Å². The Morgan fingerprint density at radius 2 is 2.25 bits per heavy atom. The van der Waals surface area contributed by atoms with E-state index in [9.17, 15) is 0 Å². The third-order valence-corrected chi connectivity index (χ3v) is 5.42. The number of rotatable bonds is 6. The maximum atomic E-state index is 9.00. The first-order valence-electron chi connectivity index (χ1n) is 8.90. The van der Waals surface area contributed by atoms with Crippen LogP contribution in [0.25, 0.3) is 0 Å². The van der Waals surface area contributed by atoms with E-state index in [0.717, 1.165) is 23.3 Å². The van der Waals surface area contributed by atoms with Crippen LogP contribution in [-0.4, -0.2) is 29.5 Å². The lowest BCUT2D eigenvalue weighted by Crippen LogP contribution is -2.45. The summed E-state index contributed by atoms with van der Waals surface area (Å²) in [5, 5.41) is 16.7. The molecule has 2 N–H and O–H groups in total. The Morgan fingerprint density at radius 3 is 3.00 bits per heavy atom. The highest BCUT2D eigenvalue weighted by atomic mass is 32.2. The molecule has 1 aromatic carbocycles. The molecule has 4 nitrogen and oxygen atoms in total. The summed E-state index contributed by atoms with van der Waals surface area (Å²) in [7, 11) is 0. The Bertz CT molecular complexity index is 577. The molecule has 0 radical (unpaired) electrons. The second-order valence-electron chi connectivity index (χ2n) is 6.09. The van der Waals surface area contributed by atoms with E-state index in [2.05, 4.69) is 42.3 Å². The fraction of sp³-hybridized carbons (Fsp3) is 0.579. The maximum absolute atomic E-state index is 9.00. The quantitative estimate of drug-likeness (QED) is 0.610. The van der Waals surface area contributed by atoms with Gasteiger partial charge in [0, 0.05) is 17.8 Å². The number of benzene rings is 1. The monoisotopic (exact) mass is 344 g/mol. The number of nitriles is 1. The Labute approximate surface area is 150 Å². The molecule has 1 saturated carbocycles. The van der Waals surface area contributed by atoms with Gasteiger partial charge in [-0.15, -0.1) is 0 Å². The van der Waals surface area contributed by atoms with Gasteiger partial charge in [-0.25, -0.2) is 4.99 Å². The minimum Gasteiger partial charge on any atom is -0.357 e. The van der Waals surface area contributed by atoms with E-state index in [4.69, 9.17) is 10.3 Å². The van der Waals surface area contributed by atoms with E-state index in [-0.39, 0.29) is 0 Å². The van der Waals surface area contributed by atoms with Crippen LogP contribution >= 0.6 is 11.8 Å². The summed E-state index contributed by atoms with van der Waals surface area (Å²) >= 11 is 2.08. The fourth-order valence-electron chi connectivity index (χ4n) is 3.09. The number of thioether (sulfide) groups is 1. The van der Waals surface area contributed by atoms with Crippen LogP contribution in [0.15, 0.2) is 29.3 Å². The number of aliphatic imine (C=N–C) groups is 1. The van der Waals surface area contributed by atoms with Gasteiger partial charge in [-0.3, -0.25) is 0 Å². The minimum atomic E-state index is 0.506. The molecule has 2 rings (SSSR count). The van der Waals surface area contributed by atoms with Crippen molar-refractivity contribution >= 4 is 17.7 Å². The van der Waals surface area contributed by atoms with E-state index in [1.807, 2.05) is 24.3 Å². The van der Waals surface area contributed by atoms with E-state index in [1.165, 1.54) is 31.4 Å². The molecule has 2 unspecified atom stereocenters. The highest BCUT2D eigenvalue weighted by molar-refractivity contribution is 7.99. The molecular weight excluding hydrogens is 316 g/mol. The van der Waals surface area contributed by atoms with Gasteiger partial charge in [0.05, 0.1) is 18.2 Å². The average molecular weight is 345 g/mol. The molecule has 1 aliphatic carbocycles. The summed E-state index contributed by atoms with van der Waals surface area (Å²) in [4.78, 5) is 4.70. The van der Waals surface area contributed by atoms with Crippen molar-refractivity contribution in [2.45, 2.75) is 57.4 Å². The lowest BCUT2D eigenvalue weighted by atomic mass is 9.95. The van der Waals surface area contributed by atoms with Gasteiger partial charge in [0.15, 0.2) is 5.96 Å². The average Bonchev–Trinajstić information content (AvgIpc) is 2.61. The van der Waals surface area contributed by atoms with Crippen LogP contribution in [-0.2, 0) is 6.54 Å². The first kappa shape index (κ1) is 18.7. The Hall–Kier alpha value is -1.67. The van der Waals surface area contributed by atoms with Crippen molar-refractivity contribution in [3.05, 3.63) is 35.4 Å². The van der Waals surface area contributed by atoms with Crippen molar-refractivity contribution in [1.29, 1.82) is 5.26 Å². The van der Waals surface area contributed by atoms with Gasteiger partial charge < -0.3 is 10.6 Å². The first-order chi connectivity index (χ1) is 11.7. The van der Waals surface area contributed by atoms with Gasteiger partial charge in [-0.2, -0.15) is 17.0 Å². The molecule has 130 valence electrons. The zero-order chi connectivity index (χ0) is 17.2. The summed E-state index contributed by atoms with van der Waals surface area (Å²) in [5.41, 5.74) is 1.75. The molecule has 0 bridgehead atoms. The number of hydrogen-bond acceptors (Lipinski definition) is 3. The van der Waals surface area contributed by atoms with Crippen LogP contribution in [0.5, 0.6) is 0 Å². The zero-order valence-electron chi connectivity index (χ0n) is 14.7. The molecule has 0 aromatic heterocycles. The predicted molar refractivity (Wildman–Crippen MR) is 103 cm³/mol. The lowest BCUT2D eigenvalue weighted by molar-refractivity contribution is 0.419. The Balaban J connectivity index is 1.96. The third-order valence-electron chi connectivity index (χ3n) is 4.19. The number of guanidine groups is 1. The minimum absolute atomic E-state index is 0.506. The van der Waals surface area contributed by atoms with E-state index < -0.39 is 0 Å². The second-order valence-corrected chi connectivity index (χ2v) is 7.67. The molecule has 0 heterocycles. The molecule has 0 amide bonds. The molecule has 24 heavy (non-hydrogen) atoms. The summed E-state index contributed by atoms with van der Waals surface area (Å²) in [6.07, 6.45) is 5.06. The van der Waals surface area contributed by atoms with Crippen molar-refractivity contribution in [2.75, 3.05) is 12.3 Å². The predicted octanol–water partition coefficient (Wildman–Crippen LogP) is 3.68. The SMILES string of the molecule is CCNC(=NCc1cccc(C#N)c1)NC1CCCC(SCC)C1. The van der Waals surface area contributed by atoms with E-state index >= 15 is 0 Å². The fourth-order valence-corrected chi connectivity index (χ4v) is 4.26. The van der Waals surface area contributed by atoms with Gasteiger partial charge in [-0.1, -0.05) is 25.5 Å². The molecule has 0 aliphatic heterocycles. The molecule has 1 aliphatic rings. The van der Waals surface area contributed by atoms with Crippen LogP contribution in [0.3, 0.4) is 0 Å². The number of nitrogens with zero attached hydrogens (tertiary/aromatic N) is 2. The van der Waals surface area contributed by atoms with E-state index in [0.29, 0.717) is 18.2 Å². The zero-order valence-corrected chi connectivity index (χ0v) is 15.5. The van der Waals surface area contributed by atoms with Crippen LogP contribution in [0, 0.1) is 11.3 Å². The molecule has 1 fully saturated rings. The van der Waals surface area contributed by atoms with Gasteiger partial charge in [0.25, 0.3) is 0 Å². The number of hydrogen-bond donors (Lipinski definition) is 2. The Morgan fingerprint density at radius 1 is 1.38 bits per heavy atom. The molecule has 0 saturated heterocycles. The largest absolute Gasteiger partial charge is 0.357 e. The van der Waals surface area contributed by atoms with Gasteiger partial charge in [0.2, 0.25) is 0 Å². The summed E-state index contributed by atoms with van der Waals surface area (Å²) in [5.74, 6) is 2.08. The third kappa shape index (κ3) is 6.09. The molecule has 0 spiro atoms. The Kier molecular flexibility index (Phi) is 7.97. The summed E-state index contributed by atoms with van der Waals surface area (Å²) in [6.45, 7) is 5.77. The van der Waals surface area contributed by atoms with Crippen molar-refractivity contribution in [1.82, 2.24) is 10.6 Å². The van der Waals surface area contributed by atoms with Crippen LogP contribution in [0.1, 0.15) is 50.7 Å². The second kappa shape index (κ2) is 10.2. The highest BCUT2D eigenvalue weighted by Gasteiger charge is 2.22. The van der Waals surface area contributed by atoms with Crippen LogP contribution in [0.2, 0.25) is 0 Å². The maximum Gasteiger partial charge on any atom is 0.191 e. The van der Waals surface area contributed by atoms with Crippen molar-refractivity contribution in [2.24, 2.45) is 4.99 Å². The number of nitrogens with one attached hydrogen (secondary N) is 2. The van der Waals surface area contributed by atoms with Crippen molar-refractivity contribution in [3.63, 3.8) is 0 Å². The first-order valence-corrected chi connectivity index (χ1v) is 9.95. The molecule has 1 aromatic rings. The topological polar surface area (TPSA) is 60.2 Å². The van der Waals surface area contributed by atoms with Gasteiger partial charge in [-0.05, 0) is 49.6 Å². The van der Waals surface area contributed by atoms with Crippen molar-refractivity contribution in [3.8, 4) is 6.07 Å². The molecule has 5 heteroatoms. The van der Waals surface area contributed by atoms with Crippen molar-refractivity contribution < 1.29 is 0 Å². The lowest BCUT2D eigenvalue weighted by Gasteiger charge is -2.30. The molecular formula is C19H28N4S. The normalized spacial score (nSPS) is 21.1.